The Morgan fingerprint density at radius 1 is 0.960 bits per heavy atom. The number of ether oxygens (including phenoxy) is 2. The first-order valence-electron chi connectivity index (χ1n) is 18.5. The lowest BCUT2D eigenvalue weighted by Crippen LogP contribution is -2.69. The lowest BCUT2D eigenvalue weighted by Gasteiger charge is -2.70. The van der Waals surface area contributed by atoms with Crippen LogP contribution in [0.4, 0.5) is 4.79 Å². The molecule has 1 amide bonds. The molecule has 5 aliphatic carbocycles. The molecule has 1 saturated heterocycles. The van der Waals surface area contributed by atoms with Gasteiger partial charge in [-0.15, -0.1) is 0 Å². The van der Waals surface area contributed by atoms with Crippen LogP contribution in [0.3, 0.4) is 0 Å². The van der Waals surface area contributed by atoms with Crippen LogP contribution >= 0.6 is 0 Å². The Morgan fingerprint density at radius 3 is 2.28 bits per heavy atom. The SMILES string of the molecule is Cc1oc(=O)oc1COC(=O)[C@]1(C)[C@@H](N2CC(C)OC2=O)CC[C@@]2(C)[C@H]1CC[C@]1(C)[C@@H]2C(=O)C=C2[C@@H]3C[C@@](C)(C(=O)O)CC[C@]3(C)CC[C@]21C. The number of cyclic esters (lactones) is 1. The lowest BCUT2D eigenvalue weighted by molar-refractivity contribution is -0.210. The van der Waals surface area contributed by atoms with Crippen molar-refractivity contribution in [3.8, 4) is 0 Å². The van der Waals surface area contributed by atoms with Gasteiger partial charge in [-0.05, 0) is 125 Å². The van der Waals surface area contributed by atoms with Crippen LogP contribution in [-0.4, -0.2) is 52.5 Å². The molecule has 11 atom stereocenters. The maximum Gasteiger partial charge on any atom is 0.519 e. The summed E-state index contributed by atoms with van der Waals surface area (Å²) in [5.74, 6) is -2.39. The van der Waals surface area contributed by atoms with Crippen molar-refractivity contribution in [2.75, 3.05) is 6.54 Å². The number of aryl methyl sites for hydroxylation is 1. The first kappa shape index (κ1) is 35.1. The minimum Gasteiger partial charge on any atom is -0.481 e. The van der Waals surface area contributed by atoms with Crippen LogP contribution < -0.4 is 5.82 Å². The second-order valence-electron chi connectivity index (χ2n) is 18.3. The third kappa shape index (κ3) is 4.62. The van der Waals surface area contributed by atoms with Crippen molar-refractivity contribution in [1.82, 2.24) is 4.90 Å². The molecule has 1 aromatic heterocycles. The summed E-state index contributed by atoms with van der Waals surface area (Å²) in [7, 11) is 0. The number of esters is 1. The largest absolute Gasteiger partial charge is 0.519 e. The Hall–Kier alpha value is -3.37. The van der Waals surface area contributed by atoms with Crippen LogP contribution in [0.1, 0.15) is 118 Å². The molecule has 274 valence electrons. The molecule has 7 rings (SSSR count). The summed E-state index contributed by atoms with van der Waals surface area (Å²) in [5.41, 5.74) is -2.30. The molecule has 5 fully saturated rings. The highest BCUT2D eigenvalue weighted by Crippen LogP contribution is 2.75. The number of fused-ring (bicyclic) bond motifs is 7. The zero-order valence-corrected chi connectivity index (χ0v) is 30.8. The van der Waals surface area contributed by atoms with E-state index in [0.717, 1.165) is 24.8 Å². The fraction of sp³-hybridized carbons (Fsp3) is 0.769. The third-order valence-electron chi connectivity index (χ3n) is 15.7. The van der Waals surface area contributed by atoms with Crippen molar-refractivity contribution in [3.63, 3.8) is 0 Å². The number of rotatable bonds is 5. The molecule has 0 radical (unpaired) electrons. The van der Waals surface area contributed by atoms with Crippen molar-refractivity contribution in [2.45, 2.75) is 132 Å². The van der Waals surface area contributed by atoms with E-state index in [1.165, 1.54) is 0 Å². The quantitative estimate of drug-likeness (QED) is 0.324. The number of hydrogen-bond acceptors (Lipinski definition) is 9. The van der Waals surface area contributed by atoms with Crippen LogP contribution in [0.15, 0.2) is 25.3 Å². The molecule has 1 aliphatic heterocycles. The number of carbonyl (C=O) groups is 4. The van der Waals surface area contributed by atoms with Gasteiger partial charge in [-0.25, -0.2) is 9.59 Å². The Morgan fingerprint density at radius 2 is 1.66 bits per heavy atom. The van der Waals surface area contributed by atoms with Gasteiger partial charge < -0.3 is 28.3 Å². The summed E-state index contributed by atoms with van der Waals surface area (Å²) in [5, 5.41) is 10.2. The Kier molecular flexibility index (Phi) is 7.76. The van der Waals surface area contributed by atoms with E-state index in [1.54, 1.807) is 11.8 Å². The second kappa shape index (κ2) is 11.1. The third-order valence-corrected chi connectivity index (χ3v) is 15.7. The fourth-order valence-electron chi connectivity index (χ4n) is 12.5. The van der Waals surface area contributed by atoms with Gasteiger partial charge in [0.2, 0.25) is 0 Å². The van der Waals surface area contributed by atoms with E-state index in [2.05, 4.69) is 27.7 Å². The van der Waals surface area contributed by atoms with Gasteiger partial charge in [-0.1, -0.05) is 33.3 Å². The molecule has 50 heavy (non-hydrogen) atoms. The zero-order chi connectivity index (χ0) is 36.4. The number of aliphatic carboxylic acids is 1. The van der Waals surface area contributed by atoms with E-state index < -0.39 is 51.6 Å². The van der Waals surface area contributed by atoms with Crippen molar-refractivity contribution in [2.24, 2.45) is 50.2 Å². The topological polar surface area (TPSA) is 154 Å². The van der Waals surface area contributed by atoms with Gasteiger partial charge >= 0.3 is 23.9 Å². The number of allylic oxidation sites excluding steroid dienone is 2. The van der Waals surface area contributed by atoms with Gasteiger partial charge in [-0.2, -0.15) is 0 Å². The molecule has 0 aromatic carbocycles. The molecule has 1 aromatic rings. The number of ketones is 1. The van der Waals surface area contributed by atoms with E-state index in [1.807, 2.05) is 26.8 Å². The van der Waals surface area contributed by atoms with Crippen LogP contribution in [0.2, 0.25) is 0 Å². The monoisotopic (exact) mass is 695 g/mol. The maximum absolute atomic E-state index is 14.9. The first-order valence-corrected chi connectivity index (χ1v) is 18.5. The number of amides is 1. The second-order valence-corrected chi connectivity index (χ2v) is 18.3. The number of carboxylic acids is 1. The van der Waals surface area contributed by atoms with E-state index in [-0.39, 0.29) is 58.6 Å². The van der Waals surface area contributed by atoms with E-state index >= 15 is 0 Å². The molecule has 1 N–H and O–H groups in total. The van der Waals surface area contributed by atoms with Crippen molar-refractivity contribution < 1.29 is 42.6 Å². The van der Waals surface area contributed by atoms with Gasteiger partial charge in [0, 0.05) is 5.92 Å². The maximum atomic E-state index is 14.9. The van der Waals surface area contributed by atoms with Gasteiger partial charge in [0.1, 0.15) is 6.10 Å². The van der Waals surface area contributed by atoms with Crippen molar-refractivity contribution in [3.05, 3.63) is 33.8 Å². The number of hydrogen-bond donors (Lipinski definition) is 1. The Bertz CT molecular complexity index is 1740. The summed E-state index contributed by atoms with van der Waals surface area (Å²) in [6.45, 7) is 16.3. The lowest BCUT2D eigenvalue weighted by atomic mass is 9.33. The predicted molar refractivity (Wildman–Crippen MR) is 180 cm³/mol. The van der Waals surface area contributed by atoms with Crippen LogP contribution in [0, 0.1) is 57.2 Å². The van der Waals surface area contributed by atoms with Crippen LogP contribution in [0.25, 0.3) is 0 Å². The van der Waals surface area contributed by atoms with Gasteiger partial charge in [-0.3, -0.25) is 14.4 Å². The highest BCUT2D eigenvalue weighted by molar-refractivity contribution is 5.96. The van der Waals surface area contributed by atoms with Crippen molar-refractivity contribution in [1.29, 1.82) is 0 Å². The molecule has 0 bridgehead atoms. The van der Waals surface area contributed by atoms with Crippen LogP contribution in [-0.2, 0) is 30.5 Å². The fourth-order valence-corrected chi connectivity index (χ4v) is 12.5. The molecule has 11 nitrogen and oxygen atoms in total. The summed E-state index contributed by atoms with van der Waals surface area (Å²) in [4.78, 5) is 68.6. The molecular formula is C39H53NO10. The molecule has 6 aliphatic rings. The summed E-state index contributed by atoms with van der Waals surface area (Å²) < 4.78 is 21.6. The highest BCUT2D eigenvalue weighted by Gasteiger charge is 2.72. The zero-order valence-electron chi connectivity index (χ0n) is 30.8. The summed E-state index contributed by atoms with van der Waals surface area (Å²) in [6.07, 6.45) is 7.49. The molecule has 2 heterocycles. The molecule has 4 saturated carbocycles. The molecule has 11 heteroatoms. The Balaban J connectivity index is 1.29. The number of carboxylic acid groups (broad SMARTS) is 1. The highest BCUT2D eigenvalue weighted by atomic mass is 16.6. The van der Waals surface area contributed by atoms with Gasteiger partial charge in [0.15, 0.2) is 23.9 Å². The van der Waals surface area contributed by atoms with E-state index in [4.69, 9.17) is 18.3 Å². The minimum absolute atomic E-state index is 0.00827. The number of nitrogens with zero attached hydrogens (tertiary/aromatic N) is 1. The number of carbonyl (C=O) groups excluding carboxylic acids is 3. The standard InChI is InChI=1S/C39H53NO10/c1-21-19-40(32(45)48-21)28-10-11-36(5)27(39(28,8)31(44)47-20-26-22(2)49-33(46)50-26)9-12-38(7)29(36)25(41)17-23-24-18-35(4,30(42)43)14-13-34(24,3)15-16-37(23,38)6/h17,21,24,27-29H,9-16,18-20H2,1-8H3,(H,42,43)/t21?,24-,27+,28-,29+,34+,35-,36-,37+,38+,39-/m0/s1. The average Bonchev–Trinajstić information content (AvgIpc) is 3.54. The van der Waals surface area contributed by atoms with Crippen molar-refractivity contribution >= 4 is 23.8 Å². The molecule has 0 spiro atoms. The normalized spacial score (nSPS) is 45.4. The van der Waals surface area contributed by atoms with E-state index in [9.17, 15) is 29.1 Å². The van der Waals surface area contributed by atoms with Gasteiger partial charge in [0.25, 0.3) is 0 Å². The minimum atomic E-state index is -1.20. The van der Waals surface area contributed by atoms with E-state index in [0.29, 0.717) is 45.1 Å². The Labute approximate surface area is 293 Å². The summed E-state index contributed by atoms with van der Waals surface area (Å²) in [6, 6.07) is -0.515. The smallest absolute Gasteiger partial charge is 0.481 e. The predicted octanol–water partition coefficient (Wildman–Crippen LogP) is 6.84. The molecular weight excluding hydrogens is 642 g/mol. The van der Waals surface area contributed by atoms with Crippen LogP contribution in [0.5, 0.6) is 0 Å². The van der Waals surface area contributed by atoms with Gasteiger partial charge in [0.05, 0.1) is 23.4 Å². The average molecular weight is 696 g/mol. The summed E-state index contributed by atoms with van der Waals surface area (Å²) >= 11 is 0. The molecule has 1 unspecified atom stereocenters. The first-order chi connectivity index (χ1) is 23.2.